The fraction of sp³-hybridized carbons (Fsp3) is 0.290. The molecule has 0 radical (unpaired) electrons. The summed E-state index contributed by atoms with van der Waals surface area (Å²) in [6, 6.07) is 21.5. The van der Waals surface area contributed by atoms with Crippen LogP contribution in [0.15, 0.2) is 77.9 Å². The monoisotopic (exact) mass is 579 g/mol. The van der Waals surface area contributed by atoms with E-state index in [0.717, 1.165) is 11.1 Å². The van der Waals surface area contributed by atoms with Crippen LogP contribution in [0.3, 0.4) is 0 Å². The van der Waals surface area contributed by atoms with Crippen molar-refractivity contribution in [2.75, 3.05) is 0 Å². The van der Waals surface area contributed by atoms with Gasteiger partial charge in [0.15, 0.2) is 5.82 Å². The normalized spacial score (nSPS) is 11.9. The van der Waals surface area contributed by atoms with Crippen molar-refractivity contribution >= 4 is 23.4 Å². The van der Waals surface area contributed by atoms with Gasteiger partial charge < -0.3 is 4.74 Å². The van der Waals surface area contributed by atoms with E-state index in [9.17, 15) is 13.2 Å². The van der Waals surface area contributed by atoms with Gasteiger partial charge in [-0.15, -0.1) is 18.3 Å². The molecule has 1 heterocycles. The highest BCUT2D eigenvalue weighted by molar-refractivity contribution is 7.80. The maximum atomic E-state index is 12.5. The van der Waals surface area contributed by atoms with Gasteiger partial charge in [0.2, 0.25) is 0 Å². The lowest BCUT2D eigenvalue weighted by molar-refractivity contribution is -0.274. The van der Waals surface area contributed by atoms with Gasteiger partial charge in [-0.05, 0) is 52.8 Å². The quantitative estimate of drug-likeness (QED) is 0.119. The molecule has 3 aromatic carbocycles. The maximum Gasteiger partial charge on any atom is 0.573 e. The van der Waals surface area contributed by atoms with Gasteiger partial charge in [0.25, 0.3) is 0 Å². The Balaban J connectivity index is 1.45. The molecule has 0 saturated heterocycles. The van der Waals surface area contributed by atoms with Gasteiger partial charge in [-0.3, -0.25) is 5.43 Å². The Hall–Kier alpha value is -4.05. The Morgan fingerprint density at radius 2 is 1.68 bits per heavy atom. The summed E-state index contributed by atoms with van der Waals surface area (Å²) in [5, 5.41) is 8.96. The Morgan fingerprint density at radius 3 is 2.32 bits per heavy atom. The molecule has 4 aromatic rings. The molecular weight excluding hydrogens is 547 g/mol. The van der Waals surface area contributed by atoms with Crippen molar-refractivity contribution in [3.05, 3.63) is 95.3 Å². The minimum Gasteiger partial charge on any atom is -0.406 e. The number of benzene rings is 3. The minimum absolute atomic E-state index is 0.292. The van der Waals surface area contributed by atoms with Crippen LogP contribution >= 0.6 is 12.2 Å². The summed E-state index contributed by atoms with van der Waals surface area (Å²) in [6.07, 6.45) is -1.79. The van der Waals surface area contributed by atoms with E-state index < -0.39 is 6.36 Å². The molecule has 1 N–H and O–H groups in total. The number of hydrogen-bond donors (Lipinski definition) is 1. The molecule has 0 saturated carbocycles. The molecular formula is C31H32F3N5OS. The first-order valence-electron chi connectivity index (χ1n) is 13.3. The lowest BCUT2D eigenvalue weighted by Gasteiger charge is -2.12. The molecule has 214 valence electrons. The molecule has 41 heavy (non-hydrogen) atoms. The third-order valence-corrected chi connectivity index (χ3v) is 6.42. The fourth-order valence-electron chi connectivity index (χ4n) is 4.33. The second-order valence-electron chi connectivity index (χ2n) is 10.3. The molecule has 1 aromatic heterocycles. The first kappa shape index (κ1) is 29.9. The molecule has 10 heteroatoms. The van der Waals surface area contributed by atoms with E-state index in [1.165, 1.54) is 35.4 Å². The topological polar surface area (TPSA) is 64.3 Å². The highest BCUT2D eigenvalue weighted by Crippen LogP contribution is 2.26. The van der Waals surface area contributed by atoms with Crippen LogP contribution in [-0.2, 0) is 12.8 Å². The van der Waals surface area contributed by atoms with Crippen LogP contribution in [0.5, 0.6) is 5.75 Å². The number of alkyl halides is 3. The summed E-state index contributed by atoms with van der Waals surface area (Å²) in [7, 11) is 0. The molecule has 0 amide bonds. The number of ether oxygens (including phenoxy) is 1. The van der Waals surface area contributed by atoms with E-state index in [2.05, 4.69) is 60.2 Å². The molecule has 0 fully saturated rings. The summed E-state index contributed by atoms with van der Waals surface area (Å²) in [5.74, 6) is 1.65. The van der Waals surface area contributed by atoms with E-state index >= 15 is 0 Å². The Bertz CT molecular complexity index is 1490. The van der Waals surface area contributed by atoms with Crippen molar-refractivity contribution in [1.29, 1.82) is 0 Å². The van der Waals surface area contributed by atoms with Crippen LogP contribution in [-0.4, -0.2) is 32.3 Å². The number of halogens is 3. The Kier molecular flexibility index (Phi) is 9.54. The van der Waals surface area contributed by atoms with Crippen LogP contribution in [0.2, 0.25) is 0 Å². The summed E-state index contributed by atoms with van der Waals surface area (Å²) in [6.45, 7) is 8.46. The van der Waals surface area contributed by atoms with Crippen molar-refractivity contribution < 1.29 is 17.9 Å². The van der Waals surface area contributed by atoms with Gasteiger partial charge in [0.1, 0.15) is 16.6 Å². The lowest BCUT2D eigenvalue weighted by Crippen LogP contribution is -2.18. The smallest absolute Gasteiger partial charge is 0.406 e. The number of hydrazone groups is 1. The molecule has 0 atom stereocenters. The van der Waals surface area contributed by atoms with Gasteiger partial charge in [0, 0.05) is 18.4 Å². The lowest BCUT2D eigenvalue weighted by atomic mass is 9.95. The number of nitrogens with zero attached hydrogens (tertiary/aromatic N) is 4. The summed E-state index contributed by atoms with van der Waals surface area (Å²) in [4.78, 5) is 5.37. The Labute approximate surface area is 243 Å². The van der Waals surface area contributed by atoms with Crippen LogP contribution < -0.4 is 10.2 Å². The summed E-state index contributed by atoms with van der Waals surface area (Å²) < 4.78 is 43.3. The van der Waals surface area contributed by atoms with Gasteiger partial charge in [-0.2, -0.15) is 5.10 Å². The van der Waals surface area contributed by atoms with Crippen molar-refractivity contribution in [2.24, 2.45) is 11.0 Å². The van der Waals surface area contributed by atoms with Crippen molar-refractivity contribution in [2.45, 2.75) is 52.8 Å². The fourth-order valence-corrected chi connectivity index (χ4v) is 4.54. The number of rotatable bonds is 10. The van der Waals surface area contributed by atoms with E-state index in [-0.39, 0.29) is 5.75 Å². The van der Waals surface area contributed by atoms with Gasteiger partial charge in [-0.25, -0.2) is 9.67 Å². The second-order valence-corrected chi connectivity index (χ2v) is 10.8. The van der Waals surface area contributed by atoms with Crippen molar-refractivity contribution in [3.8, 4) is 22.8 Å². The molecule has 0 spiro atoms. The molecule has 0 aliphatic carbocycles. The van der Waals surface area contributed by atoms with Crippen LogP contribution in [0.4, 0.5) is 13.2 Å². The SMILES string of the molecule is CC(C)Cc1nc(-c2ccc(C=NNC(=S)Cc3ccccc3C(C)C)cc2)nn1-c1ccc(OC(F)(F)F)cc1. The number of aromatic nitrogens is 3. The second kappa shape index (κ2) is 13.1. The van der Waals surface area contributed by atoms with E-state index in [0.29, 0.717) is 47.0 Å². The summed E-state index contributed by atoms with van der Waals surface area (Å²) >= 11 is 5.50. The highest BCUT2D eigenvalue weighted by Gasteiger charge is 2.31. The van der Waals surface area contributed by atoms with E-state index in [1.807, 2.05) is 36.4 Å². The largest absolute Gasteiger partial charge is 0.573 e. The molecule has 0 bridgehead atoms. The van der Waals surface area contributed by atoms with E-state index in [1.54, 1.807) is 10.9 Å². The average Bonchev–Trinajstić information content (AvgIpc) is 3.32. The predicted molar refractivity (Wildman–Crippen MR) is 160 cm³/mol. The molecule has 6 nitrogen and oxygen atoms in total. The minimum atomic E-state index is -4.75. The molecule has 4 rings (SSSR count). The van der Waals surface area contributed by atoms with Gasteiger partial charge in [-0.1, -0.05) is 88.4 Å². The maximum absolute atomic E-state index is 12.5. The number of hydrogen-bond acceptors (Lipinski definition) is 5. The zero-order chi connectivity index (χ0) is 29.6. The third-order valence-electron chi connectivity index (χ3n) is 6.18. The third kappa shape index (κ3) is 8.47. The van der Waals surface area contributed by atoms with Crippen molar-refractivity contribution in [3.63, 3.8) is 0 Å². The van der Waals surface area contributed by atoms with E-state index in [4.69, 9.17) is 17.2 Å². The average molecular weight is 580 g/mol. The molecule has 0 aliphatic heterocycles. The standard InChI is InChI=1S/C31H32F3N5OS/c1-20(2)17-28-36-30(38-39(28)25-13-15-26(16-14-25)40-31(32,33)34)23-11-9-22(10-12-23)19-35-37-29(41)18-24-7-5-6-8-27(24)21(3)4/h5-16,19-21H,17-18H2,1-4H3,(H,37,41). The number of thiocarbonyl (C=S) groups is 1. The highest BCUT2D eigenvalue weighted by atomic mass is 32.1. The first-order valence-corrected chi connectivity index (χ1v) is 13.7. The zero-order valence-electron chi connectivity index (χ0n) is 23.3. The zero-order valence-corrected chi connectivity index (χ0v) is 24.1. The predicted octanol–water partition coefficient (Wildman–Crippen LogP) is 7.65. The number of nitrogens with one attached hydrogen (secondary N) is 1. The van der Waals surface area contributed by atoms with Crippen LogP contribution in [0.25, 0.3) is 17.1 Å². The van der Waals surface area contributed by atoms with Crippen molar-refractivity contribution in [1.82, 2.24) is 20.2 Å². The van der Waals surface area contributed by atoms with Crippen LogP contribution in [0.1, 0.15) is 56.1 Å². The molecule has 0 aliphatic rings. The van der Waals surface area contributed by atoms with Crippen LogP contribution in [0, 0.1) is 5.92 Å². The molecule has 0 unspecified atom stereocenters. The van der Waals surface area contributed by atoms with Gasteiger partial charge in [0.05, 0.1) is 11.9 Å². The first-order chi connectivity index (χ1) is 19.5. The van der Waals surface area contributed by atoms with Gasteiger partial charge >= 0.3 is 6.36 Å². The Morgan fingerprint density at radius 1 is 1.00 bits per heavy atom. The summed E-state index contributed by atoms with van der Waals surface area (Å²) in [5.41, 5.74) is 7.69.